The Kier molecular flexibility index (Phi) is 2.85. The lowest BCUT2D eigenvalue weighted by molar-refractivity contribution is 0.0699. The Morgan fingerprint density at radius 2 is 2.33 bits per heavy atom. The average Bonchev–Trinajstić information content (AvgIpc) is 2.96. The summed E-state index contributed by atoms with van der Waals surface area (Å²) in [5, 5.41) is 9.05. The minimum Gasteiger partial charge on any atom is -0.396 e. The van der Waals surface area contributed by atoms with Crippen LogP contribution in [0.5, 0.6) is 0 Å². The average molecular weight is 249 g/mol. The molecule has 0 amide bonds. The summed E-state index contributed by atoms with van der Waals surface area (Å²) in [5.41, 5.74) is 7.10. The van der Waals surface area contributed by atoms with Crippen LogP contribution in [0.3, 0.4) is 0 Å². The van der Waals surface area contributed by atoms with Gasteiger partial charge in [0.15, 0.2) is 11.5 Å². The van der Waals surface area contributed by atoms with Crippen molar-refractivity contribution in [2.24, 2.45) is 0 Å². The summed E-state index contributed by atoms with van der Waals surface area (Å²) in [6, 6.07) is 0.149. The van der Waals surface area contributed by atoms with Crippen molar-refractivity contribution in [1.29, 1.82) is 0 Å². The van der Waals surface area contributed by atoms with Crippen LogP contribution in [0.25, 0.3) is 11.2 Å². The van der Waals surface area contributed by atoms with Gasteiger partial charge in [-0.15, -0.1) is 0 Å². The Morgan fingerprint density at radius 3 is 3.17 bits per heavy atom. The molecule has 0 saturated carbocycles. The van der Waals surface area contributed by atoms with Gasteiger partial charge in [0.25, 0.3) is 0 Å². The van der Waals surface area contributed by atoms with E-state index in [1.807, 2.05) is 4.57 Å². The number of aliphatic hydroxyl groups is 1. The summed E-state index contributed by atoms with van der Waals surface area (Å²) in [7, 11) is 0. The zero-order valence-electron chi connectivity index (χ0n) is 9.86. The molecule has 7 heteroatoms. The van der Waals surface area contributed by atoms with Gasteiger partial charge in [0, 0.05) is 13.2 Å². The van der Waals surface area contributed by atoms with Crippen molar-refractivity contribution < 1.29 is 9.84 Å². The maximum absolute atomic E-state index is 9.05. The number of hydrogen-bond donors (Lipinski definition) is 2. The highest BCUT2D eigenvalue weighted by atomic mass is 16.5. The van der Waals surface area contributed by atoms with Crippen LogP contribution < -0.4 is 5.73 Å². The number of hydrogen-bond acceptors (Lipinski definition) is 6. The first-order chi connectivity index (χ1) is 8.81. The fraction of sp³-hybridized carbons (Fsp3) is 0.545. The predicted molar refractivity (Wildman–Crippen MR) is 64.8 cm³/mol. The molecule has 7 nitrogen and oxygen atoms in total. The number of nitrogen functional groups attached to an aromatic ring is 1. The van der Waals surface area contributed by atoms with E-state index in [4.69, 9.17) is 15.6 Å². The van der Waals surface area contributed by atoms with Crippen molar-refractivity contribution in [1.82, 2.24) is 19.5 Å². The van der Waals surface area contributed by atoms with Gasteiger partial charge >= 0.3 is 0 Å². The third kappa shape index (κ3) is 1.72. The van der Waals surface area contributed by atoms with E-state index in [-0.39, 0.29) is 18.8 Å². The summed E-state index contributed by atoms with van der Waals surface area (Å²) in [5.74, 6) is 0.386. The van der Waals surface area contributed by atoms with E-state index in [0.29, 0.717) is 24.4 Å². The smallest absolute Gasteiger partial charge is 0.165 e. The summed E-state index contributed by atoms with van der Waals surface area (Å²) in [6.45, 7) is 0.806. The molecule has 1 fully saturated rings. The molecule has 0 bridgehead atoms. The summed E-state index contributed by atoms with van der Waals surface area (Å²) in [6.07, 6.45) is 4.67. The molecular formula is C11H15N5O2. The van der Waals surface area contributed by atoms with Crippen molar-refractivity contribution in [3.8, 4) is 0 Å². The third-order valence-electron chi connectivity index (χ3n) is 3.33. The van der Waals surface area contributed by atoms with E-state index < -0.39 is 0 Å². The summed E-state index contributed by atoms with van der Waals surface area (Å²) < 4.78 is 7.60. The lowest BCUT2D eigenvalue weighted by atomic mass is 10.1. The number of imidazole rings is 1. The molecule has 18 heavy (non-hydrogen) atoms. The van der Waals surface area contributed by atoms with Gasteiger partial charge in [0.1, 0.15) is 11.8 Å². The van der Waals surface area contributed by atoms with Crippen molar-refractivity contribution in [3.63, 3.8) is 0 Å². The molecule has 1 aliphatic heterocycles. The Hall–Kier alpha value is -1.73. The van der Waals surface area contributed by atoms with E-state index in [0.717, 1.165) is 12.1 Å². The Bertz CT molecular complexity index is 555. The lowest BCUT2D eigenvalue weighted by Gasteiger charge is -2.19. The van der Waals surface area contributed by atoms with Crippen molar-refractivity contribution >= 4 is 17.0 Å². The van der Waals surface area contributed by atoms with Crippen LogP contribution in [0.2, 0.25) is 0 Å². The molecule has 1 aliphatic rings. The monoisotopic (exact) mass is 249 g/mol. The van der Waals surface area contributed by atoms with Crippen LogP contribution >= 0.6 is 0 Å². The van der Waals surface area contributed by atoms with E-state index in [2.05, 4.69) is 15.0 Å². The predicted octanol–water partition coefficient (Wildman–Crippen LogP) is 0.121. The molecule has 2 atom stereocenters. The summed E-state index contributed by atoms with van der Waals surface area (Å²) in [4.78, 5) is 12.4. The number of aliphatic hydroxyl groups excluding tert-OH is 1. The highest BCUT2D eigenvalue weighted by Gasteiger charge is 2.30. The van der Waals surface area contributed by atoms with Gasteiger partial charge in [0.2, 0.25) is 0 Å². The number of fused-ring (bicyclic) bond motifs is 1. The third-order valence-corrected chi connectivity index (χ3v) is 3.33. The second-order valence-electron chi connectivity index (χ2n) is 4.36. The van der Waals surface area contributed by atoms with E-state index in [9.17, 15) is 0 Å². The Labute approximate surface area is 104 Å². The van der Waals surface area contributed by atoms with Crippen LogP contribution in [0, 0.1) is 0 Å². The molecule has 3 N–H and O–H groups in total. The minimum atomic E-state index is 0.00332. The van der Waals surface area contributed by atoms with Crippen LogP contribution in [0.15, 0.2) is 12.7 Å². The molecule has 0 aliphatic carbocycles. The number of aromatic nitrogens is 4. The standard InChI is InChI=1S/C11H15N5O2/c12-10-9-11(14-5-13-10)16(6-15-9)7-2-4-18-8(7)1-3-17/h5-8,17H,1-4H2,(H2,12,13,14)/t7-,8-/m0/s1. The molecule has 2 aromatic rings. The number of rotatable bonds is 3. The molecule has 2 aromatic heterocycles. The topological polar surface area (TPSA) is 99.1 Å². The fourth-order valence-electron chi connectivity index (χ4n) is 2.47. The molecule has 0 unspecified atom stereocenters. The van der Waals surface area contributed by atoms with Gasteiger partial charge in [-0.05, 0) is 12.8 Å². The van der Waals surface area contributed by atoms with Gasteiger partial charge in [-0.25, -0.2) is 15.0 Å². The van der Waals surface area contributed by atoms with Crippen LogP contribution in [0.4, 0.5) is 5.82 Å². The summed E-state index contributed by atoms with van der Waals surface area (Å²) >= 11 is 0. The fourth-order valence-corrected chi connectivity index (χ4v) is 2.47. The molecule has 3 rings (SSSR count). The van der Waals surface area contributed by atoms with Gasteiger partial charge < -0.3 is 20.1 Å². The van der Waals surface area contributed by atoms with Crippen LogP contribution in [-0.4, -0.2) is 43.9 Å². The highest BCUT2D eigenvalue weighted by Crippen LogP contribution is 2.30. The van der Waals surface area contributed by atoms with Crippen molar-refractivity contribution in [3.05, 3.63) is 12.7 Å². The number of anilines is 1. The Morgan fingerprint density at radius 1 is 1.44 bits per heavy atom. The highest BCUT2D eigenvalue weighted by molar-refractivity contribution is 5.81. The van der Waals surface area contributed by atoms with Gasteiger partial charge in [-0.1, -0.05) is 0 Å². The second-order valence-corrected chi connectivity index (χ2v) is 4.36. The second kappa shape index (κ2) is 4.51. The molecule has 96 valence electrons. The number of ether oxygens (including phenoxy) is 1. The molecule has 0 spiro atoms. The molecule has 1 saturated heterocycles. The largest absolute Gasteiger partial charge is 0.396 e. The zero-order chi connectivity index (χ0) is 12.5. The number of nitrogens with zero attached hydrogens (tertiary/aromatic N) is 4. The molecule has 3 heterocycles. The maximum atomic E-state index is 9.05. The number of nitrogens with two attached hydrogens (primary N) is 1. The van der Waals surface area contributed by atoms with Crippen molar-refractivity contribution in [2.45, 2.75) is 25.0 Å². The quantitative estimate of drug-likeness (QED) is 0.801. The molecule has 0 radical (unpaired) electrons. The van der Waals surface area contributed by atoms with E-state index >= 15 is 0 Å². The van der Waals surface area contributed by atoms with Gasteiger partial charge in [0.05, 0.1) is 18.5 Å². The molecule has 0 aromatic carbocycles. The maximum Gasteiger partial charge on any atom is 0.165 e. The zero-order valence-corrected chi connectivity index (χ0v) is 9.86. The normalized spacial score (nSPS) is 23.8. The van der Waals surface area contributed by atoms with E-state index in [1.165, 1.54) is 6.33 Å². The van der Waals surface area contributed by atoms with Gasteiger partial charge in [-0.3, -0.25) is 0 Å². The van der Waals surface area contributed by atoms with E-state index in [1.54, 1.807) is 6.33 Å². The first-order valence-corrected chi connectivity index (χ1v) is 5.96. The van der Waals surface area contributed by atoms with Crippen molar-refractivity contribution in [2.75, 3.05) is 18.9 Å². The lowest BCUT2D eigenvalue weighted by Crippen LogP contribution is -2.21. The SMILES string of the molecule is Nc1ncnc2c1ncn2[C@H]1CCO[C@H]1CCO. The molecular weight excluding hydrogens is 234 g/mol. The van der Waals surface area contributed by atoms with Crippen LogP contribution in [-0.2, 0) is 4.74 Å². The first kappa shape index (κ1) is 11.4. The first-order valence-electron chi connectivity index (χ1n) is 5.96. The minimum absolute atomic E-state index is 0.00332. The Balaban J connectivity index is 2.01. The van der Waals surface area contributed by atoms with Crippen LogP contribution in [0.1, 0.15) is 18.9 Å². The van der Waals surface area contributed by atoms with Gasteiger partial charge in [-0.2, -0.15) is 0 Å².